The van der Waals surface area contributed by atoms with E-state index in [0.29, 0.717) is 6.54 Å². The van der Waals surface area contributed by atoms with Gasteiger partial charge in [0.05, 0.1) is 19.3 Å². The molecule has 0 spiro atoms. The van der Waals surface area contributed by atoms with Crippen molar-refractivity contribution in [3.8, 4) is 5.75 Å². The van der Waals surface area contributed by atoms with E-state index in [1.807, 2.05) is 47.4 Å². The van der Waals surface area contributed by atoms with Crippen molar-refractivity contribution in [3.63, 3.8) is 0 Å². The maximum absolute atomic E-state index is 5.28. The van der Waals surface area contributed by atoms with Crippen LogP contribution in [0.15, 0.2) is 47.0 Å². The summed E-state index contributed by atoms with van der Waals surface area (Å²) in [5.41, 5.74) is 2.17. The fourth-order valence-corrected chi connectivity index (χ4v) is 3.25. The third kappa shape index (κ3) is 4.85. The molecule has 0 radical (unpaired) electrons. The highest BCUT2D eigenvalue weighted by molar-refractivity contribution is 14.0. The smallest absolute Gasteiger partial charge is 0.194 e. The molecule has 0 fully saturated rings. The molecule has 0 unspecified atom stereocenters. The molecule has 0 saturated heterocycles. The molecule has 0 aliphatic rings. The van der Waals surface area contributed by atoms with Crippen LogP contribution in [0.3, 0.4) is 0 Å². The maximum atomic E-state index is 5.28. The summed E-state index contributed by atoms with van der Waals surface area (Å²) in [5.74, 6) is 1.69. The summed E-state index contributed by atoms with van der Waals surface area (Å²) in [7, 11) is 5.48. The van der Waals surface area contributed by atoms with E-state index in [4.69, 9.17) is 4.74 Å². The van der Waals surface area contributed by atoms with Gasteiger partial charge in [-0.2, -0.15) is 0 Å². The minimum atomic E-state index is 0. The zero-order valence-electron chi connectivity index (χ0n) is 14.5. The largest absolute Gasteiger partial charge is 0.497 e. The molecule has 3 aromatic rings. The van der Waals surface area contributed by atoms with E-state index in [-0.39, 0.29) is 24.0 Å². The summed E-state index contributed by atoms with van der Waals surface area (Å²) < 4.78 is 7.31. The van der Waals surface area contributed by atoms with Crippen molar-refractivity contribution in [2.75, 3.05) is 21.2 Å². The summed E-state index contributed by atoms with van der Waals surface area (Å²) in [6.07, 6.45) is 4.05. The number of thiazole rings is 1. The van der Waals surface area contributed by atoms with E-state index in [1.165, 1.54) is 5.56 Å². The molecule has 2 heterocycles. The number of guanidine groups is 1. The predicted molar refractivity (Wildman–Crippen MR) is 113 cm³/mol. The van der Waals surface area contributed by atoms with Gasteiger partial charge in [0.2, 0.25) is 0 Å². The topological polar surface area (TPSA) is 54.2 Å². The first-order valence-corrected chi connectivity index (χ1v) is 8.53. The number of nitrogens with zero attached hydrogens (tertiary/aromatic N) is 4. The molecule has 3 rings (SSSR count). The molecule has 2 aromatic heterocycles. The molecule has 0 saturated carbocycles. The molecular formula is C17H22IN5OS. The van der Waals surface area contributed by atoms with E-state index in [0.717, 1.165) is 28.9 Å². The van der Waals surface area contributed by atoms with Gasteiger partial charge in [-0.25, -0.2) is 4.98 Å². The number of aromatic nitrogens is 2. The second-order valence-corrected chi connectivity index (χ2v) is 6.31. The summed E-state index contributed by atoms with van der Waals surface area (Å²) >= 11 is 1.63. The Morgan fingerprint density at radius 1 is 1.44 bits per heavy atom. The Morgan fingerprint density at radius 3 is 3.00 bits per heavy atom. The van der Waals surface area contributed by atoms with Gasteiger partial charge in [0.25, 0.3) is 0 Å². The average molecular weight is 471 g/mol. The number of imidazole rings is 1. The molecule has 25 heavy (non-hydrogen) atoms. The molecule has 134 valence electrons. The predicted octanol–water partition coefficient (Wildman–Crippen LogP) is 3.23. The molecule has 0 aliphatic heterocycles. The van der Waals surface area contributed by atoms with E-state index < -0.39 is 0 Å². The zero-order chi connectivity index (χ0) is 16.9. The number of hydrogen-bond acceptors (Lipinski definition) is 4. The Bertz CT molecular complexity index is 816. The molecule has 0 atom stereocenters. The standard InChI is InChI=1S/C17H21N5OS.HI/c1-18-16(19-10-14-12-22-7-8-24-17(22)20-14)21(2)11-13-5-4-6-15(9-13)23-3;/h4-9,12H,10-11H2,1-3H3,(H,18,19);1H. The van der Waals surface area contributed by atoms with Crippen molar-refractivity contribution in [1.29, 1.82) is 0 Å². The van der Waals surface area contributed by atoms with Gasteiger partial charge in [0.15, 0.2) is 10.9 Å². The van der Waals surface area contributed by atoms with Crippen LogP contribution in [0.25, 0.3) is 4.96 Å². The first kappa shape index (κ1) is 19.5. The molecule has 6 nitrogen and oxygen atoms in total. The number of rotatable bonds is 5. The summed E-state index contributed by atoms with van der Waals surface area (Å²) in [6, 6.07) is 8.06. The van der Waals surface area contributed by atoms with Crippen LogP contribution in [0, 0.1) is 0 Å². The first-order chi connectivity index (χ1) is 11.7. The lowest BCUT2D eigenvalue weighted by Crippen LogP contribution is -2.38. The van der Waals surface area contributed by atoms with Gasteiger partial charge in [0.1, 0.15) is 5.75 Å². The van der Waals surface area contributed by atoms with Crippen LogP contribution in [0.5, 0.6) is 5.75 Å². The van der Waals surface area contributed by atoms with Crippen LogP contribution in [0.1, 0.15) is 11.3 Å². The van der Waals surface area contributed by atoms with Gasteiger partial charge in [-0.1, -0.05) is 12.1 Å². The van der Waals surface area contributed by atoms with Crippen molar-refractivity contribution in [1.82, 2.24) is 19.6 Å². The minimum absolute atomic E-state index is 0. The highest BCUT2D eigenvalue weighted by Gasteiger charge is 2.09. The summed E-state index contributed by atoms with van der Waals surface area (Å²) in [6.45, 7) is 1.39. The van der Waals surface area contributed by atoms with E-state index in [9.17, 15) is 0 Å². The lowest BCUT2D eigenvalue weighted by molar-refractivity contribution is 0.412. The van der Waals surface area contributed by atoms with Gasteiger partial charge in [-0.05, 0) is 17.7 Å². The normalized spacial score (nSPS) is 11.2. The van der Waals surface area contributed by atoms with Gasteiger partial charge in [0, 0.05) is 38.4 Å². The number of fused-ring (bicyclic) bond motifs is 1. The molecular weight excluding hydrogens is 449 g/mol. The molecule has 1 aromatic carbocycles. The number of ether oxygens (including phenoxy) is 1. The van der Waals surface area contributed by atoms with Crippen molar-refractivity contribution >= 4 is 46.2 Å². The molecule has 0 aliphatic carbocycles. The second kappa shape index (κ2) is 9.04. The number of hydrogen-bond donors (Lipinski definition) is 1. The fraction of sp³-hybridized carbons (Fsp3) is 0.294. The fourth-order valence-electron chi connectivity index (χ4n) is 2.54. The van der Waals surface area contributed by atoms with Gasteiger partial charge in [-0.15, -0.1) is 35.3 Å². The second-order valence-electron chi connectivity index (χ2n) is 5.43. The van der Waals surface area contributed by atoms with E-state index in [1.54, 1.807) is 25.5 Å². The van der Waals surface area contributed by atoms with Crippen LogP contribution >= 0.6 is 35.3 Å². The minimum Gasteiger partial charge on any atom is -0.497 e. The highest BCUT2D eigenvalue weighted by atomic mass is 127. The summed E-state index contributed by atoms with van der Waals surface area (Å²) in [4.78, 5) is 12.0. The van der Waals surface area contributed by atoms with Gasteiger partial charge < -0.3 is 15.0 Å². The van der Waals surface area contributed by atoms with Crippen molar-refractivity contribution in [2.24, 2.45) is 4.99 Å². The Hall–Kier alpha value is -1.81. The zero-order valence-corrected chi connectivity index (χ0v) is 17.6. The lowest BCUT2D eigenvalue weighted by atomic mass is 10.2. The van der Waals surface area contributed by atoms with E-state index in [2.05, 4.69) is 26.3 Å². The quantitative estimate of drug-likeness (QED) is 0.353. The van der Waals surface area contributed by atoms with Crippen molar-refractivity contribution in [2.45, 2.75) is 13.1 Å². The van der Waals surface area contributed by atoms with Gasteiger partial charge >= 0.3 is 0 Å². The third-order valence-electron chi connectivity index (χ3n) is 3.70. The number of halogens is 1. The van der Waals surface area contributed by atoms with E-state index >= 15 is 0 Å². The van der Waals surface area contributed by atoms with Crippen LogP contribution in [0.4, 0.5) is 0 Å². The van der Waals surface area contributed by atoms with Crippen LogP contribution in [0.2, 0.25) is 0 Å². The average Bonchev–Trinajstić information content (AvgIpc) is 3.17. The lowest BCUT2D eigenvalue weighted by Gasteiger charge is -2.22. The Labute approximate surface area is 168 Å². The van der Waals surface area contributed by atoms with Crippen molar-refractivity contribution < 1.29 is 4.74 Å². The number of aliphatic imine (C=N–C) groups is 1. The highest BCUT2D eigenvalue weighted by Crippen LogP contribution is 2.14. The van der Waals surface area contributed by atoms with Crippen LogP contribution < -0.4 is 10.1 Å². The Balaban J connectivity index is 0.00000225. The van der Waals surface area contributed by atoms with Crippen LogP contribution in [-0.2, 0) is 13.1 Å². The number of methoxy groups -OCH3 is 1. The molecule has 0 amide bonds. The molecule has 0 bridgehead atoms. The van der Waals surface area contributed by atoms with Crippen molar-refractivity contribution in [3.05, 3.63) is 53.3 Å². The Kier molecular flexibility index (Phi) is 7.06. The monoisotopic (exact) mass is 471 g/mol. The Morgan fingerprint density at radius 2 is 2.28 bits per heavy atom. The molecule has 1 N–H and O–H groups in total. The maximum Gasteiger partial charge on any atom is 0.194 e. The number of nitrogens with one attached hydrogen (secondary N) is 1. The third-order valence-corrected chi connectivity index (χ3v) is 4.47. The SMILES string of the molecule is CN=C(NCc1cn2ccsc2n1)N(C)Cc1cccc(OC)c1.I. The van der Waals surface area contributed by atoms with Gasteiger partial charge in [-0.3, -0.25) is 9.39 Å². The van der Waals surface area contributed by atoms with Crippen LogP contribution in [-0.4, -0.2) is 41.4 Å². The first-order valence-electron chi connectivity index (χ1n) is 7.65. The number of benzene rings is 1. The molecule has 8 heteroatoms. The summed E-state index contributed by atoms with van der Waals surface area (Å²) in [5, 5.41) is 5.39.